The minimum absolute atomic E-state index is 0.479. The molecule has 0 saturated carbocycles. The van der Waals surface area contributed by atoms with Crippen molar-refractivity contribution in [3.8, 4) is 11.4 Å². The van der Waals surface area contributed by atoms with Crippen LogP contribution in [0.4, 0.5) is 0 Å². The molecule has 0 bridgehead atoms. The molecule has 2 heterocycles. The molecule has 0 saturated heterocycles. The average Bonchev–Trinajstić information content (AvgIpc) is 2.79. The number of fused-ring (bicyclic) bond motifs is 1. The number of rotatable bonds is 7. The molecule has 0 fully saturated rings. The number of hydrogen-bond donors (Lipinski definition) is 1. The Balaban J connectivity index is 1.39. The predicted molar refractivity (Wildman–Crippen MR) is 118 cm³/mol. The lowest BCUT2D eigenvalue weighted by Crippen LogP contribution is -2.16. The molecular weight excluding hydrogens is 374 g/mol. The van der Waals surface area contributed by atoms with Crippen LogP contribution in [-0.2, 0) is 17.7 Å². The van der Waals surface area contributed by atoms with E-state index in [1.54, 1.807) is 6.92 Å². The van der Waals surface area contributed by atoms with Crippen molar-refractivity contribution in [2.24, 2.45) is 5.16 Å². The third-order valence-corrected chi connectivity index (χ3v) is 5.06. The van der Waals surface area contributed by atoms with Crippen LogP contribution in [0.15, 0.2) is 59.9 Å². The van der Waals surface area contributed by atoms with Gasteiger partial charge in [-0.2, -0.15) is 0 Å². The van der Waals surface area contributed by atoms with Crippen molar-refractivity contribution in [2.45, 2.75) is 39.0 Å². The molecule has 152 valence electrons. The summed E-state index contributed by atoms with van der Waals surface area (Å²) in [5.41, 5.74) is 6.11. The zero-order chi connectivity index (χ0) is 20.8. The zero-order valence-corrected chi connectivity index (χ0v) is 17.1. The molecule has 6 nitrogen and oxygen atoms in total. The Morgan fingerprint density at radius 2 is 1.93 bits per heavy atom. The second-order valence-electron chi connectivity index (χ2n) is 7.40. The van der Waals surface area contributed by atoms with Gasteiger partial charge in [0.2, 0.25) is 0 Å². The number of aromatic nitrogens is 3. The van der Waals surface area contributed by atoms with Gasteiger partial charge in [-0.05, 0) is 56.7 Å². The highest BCUT2D eigenvalue weighted by atomic mass is 16.6. The van der Waals surface area contributed by atoms with Gasteiger partial charge in [0, 0.05) is 17.5 Å². The molecule has 4 rings (SSSR count). The van der Waals surface area contributed by atoms with Gasteiger partial charge in [-0.15, -0.1) is 0 Å². The van der Waals surface area contributed by atoms with Gasteiger partial charge >= 0.3 is 0 Å². The van der Waals surface area contributed by atoms with E-state index in [4.69, 9.17) is 15.2 Å². The van der Waals surface area contributed by atoms with Crippen LogP contribution in [0.3, 0.4) is 0 Å². The Labute approximate surface area is 176 Å². The maximum atomic E-state index is 7.70. The Hall–Kier alpha value is -3.41. The highest BCUT2D eigenvalue weighted by Gasteiger charge is 2.19. The molecule has 0 spiro atoms. The van der Waals surface area contributed by atoms with E-state index in [0.29, 0.717) is 12.3 Å². The molecule has 0 aliphatic heterocycles. The smallest absolute Gasteiger partial charge is 0.159 e. The predicted octanol–water partition coefficient (Wildman–Crippen LogP) is 4.62. The van der Waals surface area contributed by atoms with Crippen LogP contribution < -0.4 is 0 Å². The minimum Gasteiger partial charge on any atom is -0.396 e. The number of hydrogen-bond acceptors (Lipinski definition) is 6. The number of pyridine rings is 1. The third kappa shape index (κ3) is 4.76. The summed E-state index contributed by atoms with van der Waals surface area (Å²) in [5, 5.41) is 12.1. The summed E-state index contributed by atoms with van der Waals surface area (Å²) in [4.78, 5) is 19.4. The first-order chi connectivity index (χ1) is 14.7. The molecular formula is C24H25N5O. The highest BCUT2D eigenvalue weighted by molar-refractivity contribution is 6.00. The summed E-state index contributed by atoms with van der Waals surface area (Å²) in [7, 11) is 0. The van der Waals surface area contributed by atoms with E-state index < -0.39 is 0 Å². The molecule has 2 aromatic heterocycles. The molecule has 1 aromatic carbocycles. The second-order valence-corrected chi connectivity index (χ2v) is 7.40. The van der Waals surface area contributed by atoms with Crippen molar-refractivity contribution < 1.29 is 4.84 Å². The maximum Gasteiger partial charge on any atom is 0.159 e. The van der Waals surface area contributed by atoms with E-state index in [1.165, 1.54) is 0 Å². The lowest BCUT2D eigenvalue weighted by molar-refractivity contribution is 0.141. The summed E-state index contributed by atoms with van der Waals surface area (Å²) < 4.78 is 0. The number of aryl methyl sites for hydroxylation is 2. The van der Waals surface area contributed by atoms with Gasteiger partial charge in [-0.3, -0.25) is 4.98 Å². The molecule has 3 aromatic rings. The van der Waals surface area contributed by atoms with Crippen molar-refractivity contribution >= 4 is 11.4 Å². The molecule has 30 heavy (non-hydrogen) atoms. The van der Waals surface area contributed by atoms with Crippen molar-refractivity contribution in [3.05, 3.63) is 77.4 Å². The fourth-order valence-corrected chi connectivity index (χ4v) is 3.49. The van der Waals surface area contributed by atoms with Crippen molar-refractivity contribution in [2.75, 3.05) is 6.61 Å². The van der Waals surface area contributed by atoms with Crippen LogP contribution in [-0.4, -0.2) is 33.0 Å². The normalized spacial score (nSPS) is 14.4. The summed E-state index contributed by atoms with van der Waals surface area (Å²) in [6.45, 7) is 2.27. The lowest BCUT2D eigenvalue weighted by atomic mass is 9.95. The van der Waals surface area contributed by atoms with Gasteiger partial charge in [-0.1, -0.05) is 41.6 Å². The molecule has 0 atom stereocenters. The molecule has 6 heteroatoms. The first kappa shape index (κ1) is 19.9. The first-order valence-electron chi connectivity index (χ1n) is 10.3. The van der Waals surface area contributed by atoms with Crippen molar-refractivity contribution in [1.29, 1.82) is 5.41 Å². The van der Waals surface area contributed by atoms with Crippen LogP contribution in [0, 0.1) is 5.41 Å². The van der Waals surface area contributed by atoms with Crippen LogP contribution in [0.1, 0.15) is 48.8 Å². The third-order valence-electron chi connectivity index (χ3n) is 5.06. The standard InChI is InChI=1S/C24H25N5O/c1-17(25)21-13-6-11-20(27-21)12-7-15-30-29-22-14-5-10-19-16-26-24(28-23(19)22)18-8-3-2-4-9-18/h2-4,6,8-9,11,13,16,25H,5,7,10,12,14-15H2,1H3/b25-17?,29-22+. The van der Waals surface area contributed by atoms with Gasteiger partial charge in [0.25, 0.3) is 0 Å². The Bertz CT molecular complexity index is 1060. The van der Waals surface area contributed by atoms with E-state index in [2.05, 4.69) is 15.1 Å². The van der Waals surface area contributed by atoms with Gasteiger partial charge in [-0.25, -0.2) is 9.97 Å². The van der Waals surface area contributed by atoms with E-state index in [1.807, 2.05) is 54.7 Å². The summed E-state index contributed by atoms with van der Waals surface area (Å²) >= 11 is 0. The van der Waals surface area contributed by atoms with Gasteiger partial charge in [0.05, 0.1) is 17.1 Å². The van der Waals surface area contributed by atoms with Gasteiger partial charge < -0.3 is 10.2 Å². The number of benzene rings is 1. The molecule has 0 radical (unpaired) electrons. The monoisotopic (exact) mass is 399 g/mol. The maximum absolute atomic E-state index is 7.70. The van der Waals surface area contributed by atoms with E-state index in [0.717, 1.165) is 71.8 Å². The van der Waals surface area contributed by atoms with Crippen molar-refractivity contribution in [3.63, 3.8) is 0 Å². The molecule has 1 N–H and O–H groups in total. The average molecular weight is 399 g/mol. The van der Waals surface area contributed by atoms with Gasteiger partial charge in [0.1, 0.15) is 12.3 Å². The fourth-order valence-electron chi connectivity index (χ4n) is 3.49. The Morgan fingerprint density at radius 3 is 2.77 bits per heavy atom. The van der Waals surface area contributed by atoms with E-state index in [-0.39, 0.29) is 0 Å². The summed E-state index contributed by atoms with van der Waals surface area (Å²) in [6, 6.07) is 15.8. The van der Waals surface area contributed by atoms with Crippen LogP contribution >= 0.6 is 0 Å². The summed E-state index contributed by atoms with van der Waals surface area (Å²) in [5.74, 6) is 0.719. The summed E-state index contributed by atoms with van der Waals surface area (Å²) in [6.07, 6.45) is 6.39. The topological polar surface area (TPSA) is 84.1 Å². The largest absolute Gasteiger partial charge is 0.396 e. The first-order valence-corrected chi connectivity index (χ1v) is 10.3. The zero-order valence-electron chi connectivity index (χ0n) is 17.1. The van der Waals surface area contributed by atoms with Crippen LogP contribution in [0.25, 0.3) is 11.4 Å². The Morgan fingerprint density at radius 1 is 1.07 bits per heavy atom. The molecule has 1 aliphatic carbocycles. The van der Waals surface area contributed by atoms with Gasteiger partial charge in [0.15, 0.2) is 5.82 Å². The van der Waals surface area contributed by atoms with Crippen molar-refractivity contribution in [1.82, 2.24) is 15.0 Å². The molecule has 1 aliphatic rings. The quantitative estimate of drug-likeness (QED) is 0.357. The lowest BCUT2D eigenvalue weighted by Gasteiger charge is -2.17. The molecule has 0 unspecified atom stereocenters. The molecule has 0 amide bonds. The minimum atomic E-state index is 0.479. The second kappa shape index (κ2) is 9.39. The Kier molecular flexibility index (Phi) is 6.23. The van der Waals surface area contributed by atoms with E-state index in [9.17, 15) is 0 Å². The fraction of sp³-hybridized carbons (Fsp3) is 0.292. The highest BCUT2D eigenvalue weighted by Crippen LogP contribution is 2.23. The number of nitrogens with one attached hydrogen (secondary N) is 1. The van der Waals surface area contributed by atoms with E-state index >= 15 is 0 Å². The number of nitrogens with zero attached hydrogens (tertiary/aromatic N) is 4. The SMILES string of the molecule is CC(=N)c1cccc(CCCO/N=C2\CCCc3cnc(-c4ccccc4)nc32)n1. The number of oxime groups is 1. The van der Waals surface area contributed by atoms with Crippen LogP contribution in [0.5, 0.6) is 0 Å². The van der Waals surface area contributed by atoms with Crippen LogP contribution in [0.2, 0.25) is 0 Å².